The fourth-order valence-corrected chi connectivity index (χ4v) is 2.55. The normalized spacial score (nSPS) is 10.9. The molecule has 29 heavy (non-hydrogen) atoms. The molecule has 2 aromatic carbocycles. The van der Waals surface area contributed by atoms with Crippen molar-refractivity contribution >= 4 is 23.6 Å². The third kappa shape index (κ3) is 5.04. The minimum Gasteiger partial charge on any atom is -0.497 e. The lowest BCUT2D eigenvalue weighted by atomic mass is 10.2. The molecular formula is C22H20N2O5. The van der Waals surface area contributed by atoms with Gasteiger partial charge in [-0.2, -0.15) is 0 Å². The predicted molar refractivity (Wildman–Crippen MR) is 109 cm³/mol. The van der Waals surface area contributed by atoms with E-state index in [4.69, 9.17) is 13.9 Å². The van der Waals surface area contributed by atoms with Crippen molar-refractivity contribution < 1.29 is 23.5 Å². The third-order valence-corrected chi connectivity index (χ3v) is 4.02. The van der Waals surface area contributed by atoms with Crippen LogP contribution in [0.1, 0.15) is 16.1 Å². The first-order valence-corrected chi connectivity index (χ1v) is 8.75. The molecule has 0 spiro atoms. The maximum atomic E-state index is 12.9. The van der Waals surface area contributed by atoms with Crippen LogP contribution in [0.4, 0.5) is 5.69 Å². The van der Waals surface area contributed by atoms with Gasteiger partial charge >= 0.3 is 0 Å². The molecule has 0 atom stereocenters. The molecule has 0 bridgehead atoms. The minimum absolute atomic E-state index is 0.0201. The lowest BCUT2D eigenvalue weighted by Crippen LogP contribution is -2.30. The van der Waals surface area contributed by atoms with Crippen LogP contribution < -0.4 is 20.1 Å². The van der Waals surface area contributed by atoms with Gasteiger partial charge in [-0.3, -0.25) is 9.59 Å². The van der Waals surface area contributed by atoms with Crippen molar-refractivity contribution in [1.82, 2.24) is 5.32 Å². The number of furan rings is 1. The summed E-state index contributed by atoms with van der Waals surface area (Å²) in [5.41, 5.74) is 0.872. The summed E-state index contributed by atoms with van der Waals surface area (Å²) >= 11 is 0. The van der Waals surface area contributed by atoms with E-state index in [0.717, 1.165) is 0 Å². The number of rotatable bonds is 7. The summed E-state index contributed by atoms with van der Waals surface area (Å²) in [6.07, 6.45) is 2.93. The zero-order chi connectivity index (χ0) is 20.6. The van der Waals surface area contributed by atoms with Gasteiger partial charge in [-0.05, 0) is 36.4 Å². The van der Waals surface area contributed by atoms with E-state index in [9.17, 15) is 9.59 Å². The summed E-state index contributed by atoms with van der Waals surface area (Å²) in [6.45, 7) is 0. The average molecular weight is 392 g/mol. The van der Waals surface area contributed by atoms with Crippen LogP contribution in [0.3, 0.4) is 0 Å². The van der Waals surface area contributed by atoms with E-state index in [0.29, 0.717) is 28.5 Å². The Bertz CT molecular complexity index is 1010. The quantitative estimate of drug-likeness (QED) is 0.599. The van der Waals surface area contributed by atoms with Crippen LogP contribution >= 0.6 is 0 Å². The Kier molecular flexibility index (Phi) is 6.32. The summed E-state index contributed by atoms with van der Waals surface area (Å²) < 4.78 is 15.7. The second kappa shape index (κ2) is 9.27. The van der Waals surface area contributed by atoms with Gasteiger partial charge in [0.15, 0.2) is 0 Å². The van der Waals surface area contributed by atoms with Crippen molar-refractivity contribution in [3.8, 4) is 11.5 Å². The second-order valence-corrected chi connectivity index (χ2v) is 5.91. The number of amides is 2. The number of carbonyl (C=O) groups excluding carboxylic acids is 2. The van der Waals surface area contributed by atoms with Gasteiger partial charge in [-0.25, -0.2) is 0 Å². The van der Waals surface area contributed by atoms with Gasteiger partial charge in [0, 0.05) is 17.7 Å². The Labute approximate surface area is 167 Å². The number of nitrogens with one attached hydrogen (secondary N) is 2. The van der Waals surface area contributed by atoms with Gasteiger partial charge in [0.2, 0.25) is 0 Å². The minimum atomic E-state index is -0.533. The van der Waals surface area contributed by atoms with E-state index in [1.807, 2.05) is 0 Å². The Balaban J connectivity index is 1.86. The molecular weight excluding hydrogens is 372 g/mol. The molecule has 7 nitrogen and oxygen atoms in total. The Morgan fingerprint density at radius 3 is 2.41 bits per heavy atom. The fourth-order valence-electron chi connectivity index (χ4n) is 2.55. The van der Waals surface area contributed by atoms with Gasteiger partial charge < -0.3 is 24.5 Å². The molecule has 3 rings (SSSR count). The summed E-state index contributed by atoms with van der Waals surface area (Å²) in [5, 5.41) is 5.37. The van der Waals surface area contributed by atoms with E-state index >= 15 is 0 Å². The lowest BCUT2D eigenvalue weighted by molar-refractivity contribution is -0.113. The van der Waals surface area contributed by atoms with Crippen LogP contribution in [0.2, 0.25) is 0 Å². The molecule has 0 aliphatic heterocycles. The fraction of sp³-hybridized carbons (Fsp3) is 0.0909. The van der Waals surface area contributed by atoms with E-state index in [1.54, 1.807) is 60.7 Å². The molecule has 0 saturated heterocycles. The summed E-state index contributed by atoms with van der Waals surface area (Å²) in [5.74, 6) is 0.479. The summed E-state index contributed by atoms with van der Waals surface area (Å²) in [7, 11) is 3.03. The third-order valence-electron chi connectivity index (χ3n) is 4.02. The monoisotopic (exact) mass is 392 g/mol. The van der Waals surface area contributed by atoms with Crippen molar-refractivity contribution in [3.63, 3.8) is 0 Å². The highest BCUT2D eigenvalue weighted by Gasteiger charge is 2.17. The van der Waals surface area contributed by atoms with Crippen LogP contribution in [0, 0.1) is 0 Å². The number of anilines is 1. The Hall–Kier alpha value is -4.00. The lowest BCUT2D eigenvalue weighted by Gasteiger charge is -2.14. The van der Waals surface area contributed by atoms with E-state index in [2.05, 4.69) is 10.6 Å². The maximum absolute atomic E-state index is 12.9. The van der Waals surface area contributed by atoms with Crippen LogP contribution in [0.15, 0.2) is 77.0 Å². The molecule has 0 unspecified atom stereocenters. The molecule has 3 aromatic rings. The topological polar surface area (TPSA) is 89.8 Å². The molecule has 2 N–H and O–H groups in total. The number of methoxy groups -OCH3 is 2. The van der Waals surface area contributed by atoms with E-state index in [-0.39, 0.29) is 5.70 Å². The highest BCUT2D eigenvalue weighted by Crippen LogP contribution is 2.29. The summed E-state index contributed by atoms with van der Waals surface area (Å²) in [6, 6.07) is 17.0. The van der Waals surface area contributed by atoms with Gasteiger partial charge in [0.25, 0.3) is 11.8 Å². The number of benzene rings is 2. The van der Waals surface area contributed by atoms with E-state index in [1.165, 1.54) is 26.6 Å². The molecule has 0 fully saturated rings. The molecule has 0 aliphatic rings. The smallest absolute Gasteiger partial charge is 0.272 e. The number of hydrogen-bond donors (Lipinski definition) is 2. The maximum Gasteiger partial charge on any atom is 0.272 e. The van der Waals surface area contributed by atoms with Crippen LogP contribution in [0.5, 0.6) is 11.5 Å². The molecule has 148 valence electrons. The van der Waals surface area contributed by atoms with Crippen molar-refractivity contribution in [2.75, 3.05) is 19.5 Å². The number of hydrogen-bond acceptors (Lipinski definition) is 5. The zero-order valence-electron chi connectivity index (χ0n) is 16.0. The van der Waals surface area contributed by atoms with Crippen LogP contribution in [-0.4, -0.2) is 26.0 Å². The largest absolute Gasteiger partial charge is 0.497 e. The Morgan fingerprint density at radius 1 is 0.966 bits per heavy atom. The molecule has 2 amide bonds. The van der Waals surface area contributed by atoms with Crippen molar-refractivity contribution in [3.05, 3.63) is 83.9 Å². The molecule has 0 saturated carbocycles. The number of carbonyl (C=O) groups is 2. The Morgan fingerprint density at radius 2 is 1.76 bits per heavy atom. The van der Waals surface area contributed by atoms with Crippen molar-refractivity contribution in [1.29, 1.82) is 0 Å². The number of ether oxygens (including phenoxy) is 2. The first kappa shape index (κ1) is 19.8. The standard InChI is InChI=1S/C22H20N2O5/c1-27-16-10-11-18(20(14-16)28-2)23-22(26)19(13-17-9-6-12-29-17)24-21(25)15-7-4-3-5-8-15/h3-14H,1-2H3,(H,23,26)(H,24,25)/b19-13-. The molecule has 0 aliphatic carbocycles. The zero-order valence-corrected chi connectivity index (χ0v) is 16.0. The molecule has 1 heterocycles. The van der Waals surface area contributed by atoms with E-state index < -0.39 is 11.8 Å². The average Bonchev–Trinajstić information content (AvgIpc) is 3.27. The van der Waals surface area contributed by atoms with Crippen molar-refractivity contribution in [2.45, 2.75) is 0 Å². The highest BCUT2D eigenvalue weighted by atomic mass is 16.5. The first-order valence-electron chi connectivity index (χ1n) is 8.75. The van der Waals surface area contributed by atoms with Gasteiger partial charge in [-0.15, -0.1) is 0 Å². The van der Waals surface area contributed by atoms with Gasteiger partial charge in [0.05, 0.1) is 26.2 Å². The van der Waals surface area contributed by atoms with Crippen LogP contribution in [-0.2, 0) is 4.79 Å². The predicted octanol–water partition coefficient (Wildman–Crippen LogP) is 3.71. The van der Waals surface area contributed by atoms with Crippen molar-refractivity contribution in [2.24, 2.45) is 0 Å². The SMILES string of the molecule is COc1ccc(NC(=O)/C(=C/c2ccco2)NC(=O)c2ccccc2)c(OC)c1. The van der Waals surface area contributed by atoms with Crippen LogP contribution in [0.25, 0.3) is 6.08 Å². The second-order valence-electron chi connectivity index (χ2n) is 5.91. The molecule has 0 radical (unpaired) electrons. The first-order chi connectivity index (χ1) is 14.1. The molecule has 1 aromatic heterocycles. The molecule has 7 heteroatoms. The van der Waals surface area contributed by atoms with Gasteiger partial charge in [-0.1, -0.05) is 18.2 Å². The highest BCUT2D eigenvalue weighted by molar-refractivity contribution is 6.11. The summed E-state index contributed by atoms with van der Waals surface area (Å²) in [4.78, 5) is 25.4. The van der Waals surface area contributed by atoms with Gasteiger partial charge in [0.1, 0.15) is 23.0 Å².